The Balaban J connectivity index is 1.73. The number of carbonyl (C=O) groups is 3. The minimum absolute atomic E-state index is 0.0353. The normalized spacial score (nSPS) is 41.3. The number of ether oxygens (including phenoxy) is 3. The third-order valence-electron chi connectivity index (χ3n) is 10.4. The number of fused-ring (bicyclic) bond motifs is 5. The molecule has 0 unspecified atom stereocenters. The van der Waals surface area contributed by atoms with Crippen molar-refractivity contribution in [1.82, 2.24) is 0 Å². The number of rotatable bonds is 5. The zero-order valence-electron chi connectivity index (χ0n) is 23.0. The molecule has 7 atom stereocenters. The molecule has 5 rings (SSSR count). The third-order valence-corrected chi connectivity index (χ3v) is 10.4. The predicted octanol–water partition coefficient (Wildman–Crippen LogP) is 4.47. The van der Waals surface area contributed by atoms with Gasteiger partial charge in [-0.15, -0.1) is 0 Å². The first-order chi connectivity index (χ1) is 17.8. The number of cyclic esters (lactones) is 1. The molecule has 0 saturated heterocycles. The topological polar surface area (TPSA) is 112 Å². The van der Waals surface area contributed by atoms with Gasteiger partial charge < -0.3 is 23.7 Å². The number of furan rings is 1. The van der Waals surface area contributed by atoms with E-state index in [1.165, 1.54) is 19.5 Å². The zero-order chi connectivity index (χ0) is 27.7. The highest BCUT2D eigenvalue weighted by Gasteiger charge is 2.72. The number of allylic oxidation sites excluding steroid dienone is 2. The van der Waals surface area contributed by atoms with Crippen LogP contribution in [-0.2, 0) is 34.4 Å². The number of hydrogen-bond donors (Lipinski definition) is 1. The van der Waals surface area contributed by atoms with Crippen LogP contribution in [-0.4, -0.2) is 42.1 Å². The number of ketones is 1. The summed E-state index contributed by atoms with van der Waals surface area (Å²) >= 11 is 0. The second-order valence-corrected chi connectivity index (χ2v) is 12.6. The Morgan fingerprint density at radius 1 is 1.16 bits per heavy atom. The van der Waals surface area contributed by atoms with Crippen LogP contribution in [0.1, 0.15) is 66.4 Å². The molecule has 2 heterocycles. The maximum atomic E-state index is 13.4. The van der Waals surface area contributed by atoms with Crippen LogP contribution >= 0.6 is 0 Å². The van der Waals surface area contributed by atoms with Crippen molar-refractivity contribution >= 4 is 17.7 Å². The fourth-order valence-electron chi connectivity index (χ4n) is 8.63. The number of hydrogen-bond acceptors (Lipinski definition) is 8. The molecular formula is C30H38O8. The van der Waals surface area contributed by atoms with E-state index in [1.54, 1.807) is 18.2 Å². The van der Waals surface area contributed by atoms with E-state index in [-0.39, 0.29) is 36.2 Å². The van der Waals surface area contributed by atoms with Gasteiger partial charge in [-0.2, -0.15) is 0 Å². The van der Waals surface area contributed by atoms with Crippen LogP contribution in [0.5, 0.6) is 0 Å². The molecule has 2 fully saturated rings. The molecule has 38 heavy (non-hydrogen) atoms. The molecule has 0 amide bonds. The van der Waals surface area contributed by atoms with Gasteiger partial charge in [0.2, 0.25) is 0 Å². The standard InChI is InChI=1S/C30H38O8/c1-18(32)37-24-15-21-26(2,3)23(33)8-10-27(21,4)20-7-11-28(5)22(29(20,24)6)16-25(34)38-30(28,36-14-12-31)19-9-13-35-17-19/h8-10,13,16-17,20-21,24,31H,7,11-12,14-15H2,1-6H3/t20-,21+,24-,27-,28-,29-,30+/m1/s1. The van der Waals surface area contributed by atoms with Gasteiger partial charge in [0.15, 0.2) is 5.78 Å². The largest absolute Gasteiger partial charge is 0.472 e. The van der Waals surface area contributed by atoms with Gasteiger partial charge in [-0.3, -0.25) is 9.59 Å². The maximum absolute atomic E-state index is 13.4. The summed E-state index contributed by atoms with van der Waals surface area (Å²) in [5.74, 6) is -2.53. The van der Waals surface area contributed by atoms with Crippen LogP contribution in [0.15, 0.2) is 46.8 Å². The third kappa shape index (κ3) is 3.38. The van der Waals surface area contributed by atoms with E-state index in [4.69, 9.17) is 18.6 Å². The summed E-state index contributed by atoms with van der Waals surface area (Å²) in [6.45, 7) is 11.3. The van der Waals surface area contributed by atoms with Gasteiger partial charge in [0.25, 0.3) is 5.79 Å². The molecule has 1 N–H and O–H groups in total. The molecule has 2 saturated carbocycles. The number of aliphatic hydroxyl groups is 1. The molecule has 1 aliphatic heterocycles. The molecule has 0 aromatic carbocycles. The Morgan fingerprint density at radius 3 is 2.53 bits per heavy atom. The molecule has 4 aliphatic rings. The van der Waals surface area contributed by atoms with Crippen LogP contribution < -0.4 is 0 Å². The molecule has 206 valence electrons. The molecule has 8 nitrogen and oxygen atoms in total. The first-order valence-electron chi connectivity index (χ1n) is 13.4. The molecule has 0 spiro atoms. The lowest BCUT2D eigenvalue weighted by Crippen LogP contribution is -2.67. The average Bonchev–Trinajstić information content (AvgIpc) is 3.38. The summed E-state index contributed by atoms with van der Waals surface area (Å²) in [6, 6.07) is 1.72. The van der Waals surface area contributed by atoms with E-state index < -0.39 is 40.1 Å². The number of esters is 2. The molecular weight excluding hydrogens is 488 g/mol. The van der Waals surface area contributed by atoms with Crippen LogP contribution in [0.4, 0.5) is 0 Å². The van der Waals surface area contributed by atoms with Crippen LogP contribution in [0, 0.1) is 33.5 Å². The Kier molecular flexibility index (Phi) is 6.12. The first kappa shape index (κ1) is 26.9. The van der Waals surface area contributed by atoms with E-state index in [0.717, 1.165) is 5.57 Å². The Morgan fingerprint density at radius 2 is 1.89 bits per heavy atom. The Bertz CT molecular complexity index is 1210. The Labute approximate surface area is 223 Å². The van der Waals surface area contributed by atoms with Crippen molar-refractivity contribution < 1.29 is 38.1 Å². The SMILES string of the molecule is CC(=O)O[C@@H]1C[C@H]2C(C)(C)C(=O)C=C[C@]2(C)[C@H]2CC[C@]3(C)C(=CC(=O)O[C@@]3(OCCO)c3ccoc3)[C@@]21C. The van der Waals surface area contributed by atoms with Gasteiger partial charge in [-0.25, -0.2) is 4.79 Å². The smallest absolute Gasteiger partial charge is 0.333 e. The van der Waals surface area contributed by atoms with E-state index in [2.05, 4.69) is 13.8 Å². The summed E-state index contributed by atoms with van der Waals surface area (Å²) in [7, 11) is 0. The molecule has 0 radical (unpaired) electrons. The van der Waals surface area contributed by atoms with Crippen molar-refractivity contribution in [3.05, 3.63) is 48.0 Å². The van der Waals surface area contributed by atoms with Gasteiger partial charge in [-0.1, -0.05) is 33.8 Å². The van der Waals surface area contributed by atoms with Gasteiger partial charge in [0, 0.05) is 23.8 Å². The summed E-state index contributed by atoms with van der Waals surface area (Å²) in [5.41, 5.74) is -1.28. The molecule has 8 heteroatoms. The van der Waals surface area contributed by atoms with E-state index in [9.17, 15) is 19.5 Å². The minimum Gasteiger partial charge on any atom is -0.472 e. The summed E-state index contributed by atoms with van der Waals surface area (Å²) in [4.78, 5) is 38.8. The van der Waals surface area contributed by atoms with Crippen molar-refractivity contribution in [2.75, 3.05) is 13.2 Å². The lowest BCUT2D eigenvalue weighted by atomic mass is 9.37. The van der Waals surface area contributed by atoms with Crippen molar-refractivity contribution in [3.8, 4) is 0 Å². The molecule has 1 aromatic rings. The Hall–Kier alpha value is -2.71. The zero-order valence-corrected chi connectivity index (χ0v) is 23.0. The van der Waals surface area contributed by atoms with Crippen molar-refractivity contribution in [1.29, 1.82) is 0 Å². The average molecular weight is 527 g/mol. The van der Waals surface area contributed by atoms with Crippen LogP contribution in [0.3, 0.4) is 0 Å². The monoisotopic (exact) mass is 526 g/mol. The lowest BCUT2D eigenvalue weighted by molar-refractivity contribution is -0.304. The van der Waals surface area contributed by atoms with Gasteiger partial charge in [-0.05, 0) is 61.2 Å². The first-order valence-corrected chi connectivity index (χ1v) is 13.4. The summed E-state index contributed by atoms with van der Waals surface area (Å²) < 4.78 is 23.8. The molecule has 0 bridgehead atoms. The van der Waals surface area contributed by atoms with Gasteiger partial charge >= 0.3 is 11.9 Å². The summed E-state index contributed by atoms with van der Waals surface area (Å²) in [5, 5.41) is 9.67. The fourth-order valence-corrected chi connectivity index (χ4v) is 8.63. The second kappa shape index (κ2) is 8.65. The lowest BCUT2D eigenvalue weighted by Gasteiger charge is -2.68. The van der Waals surface area contributed by atoms with E-state index in [0.29, 0.717) is 24.8 Å². The number of carbonyl (C=O) groups excluding carboxylic acids is 3. The van der Waals surface area contributed by atoms with Crippen LogP contribution in [0.2, 0.25) is 0 Å². The minimum atomic E-state index is -1.53. The van der Waals surface area contributed by atoms with E-state index in [1.807, 2.05) is 26.8 Å². The van der Waals surface area contributed by atoms with Crippen molar-refractivity contribution in [2.24, 2.45) is 33.5 Å². The van der Waals surface area contributed by atoms with Crippen molar-refractivity contribution in [2.45, 2.75) is 72.7 Å². The van der Waals surface area contributed by atoms with Gasteiger partial charge in [0.1, 0.15) is 12.4 Å². The van der Waals surface area contributed by atoms with Crippen LogP contribution in [0.25, 0.3) is 0 Å². The fraction of sp³-hybridized carbons (Fsp3) is 0.633. The van der Waals surface area contributed by atoms with E-state index >= 15 is 0 Å². The molecule has 3 aliphatic carbocycles. The predicted molar refractivity (Wildman–Crippen MR) is 136 cm³/mol. The number of aliphatic hydroxyl groups excluding tert-OH is 1. The molecule has 1 aromatic heterocycles. The van der Waals surface area contributed by atoms with Crippen molar-refractivity contribution in [3.63, 3.8) is 0 Å². The highest BCUT2D eigenvalue weighted by atomic mass is 16.7. The summed E-state index contributed by atoms with van der Waals surface area (Å²) in [6.07, 6.45) is 9.53. The quantitative estimate of drug-likeness (QED) is 0.560. The highest BCUT2D eigenvalue weighted by Crippen LogP contribution is 2.72. The maximum Gasteiger partial charge on any atom is 0.333 e. The van der Waals surface area contributed by atoms with Gasteiger partial charge in [0.05, 0.1) is 30.5 Å². The highest BCUT2D eigenvalue weighted by molar-refractivity contribution is 5.96. The second-order valence-electron chi connectivity index (χ2n) is 12.6.